The van der Waals surface area contributed by atoms with Gasteiger partial charge in [0.2, 0.25) is 0 Å². The standard InChI is InChI=1S/C11H13Cl2NO/c12-7-1-2-9(10(13)3-7)11(6-14)4-8(15)5-11/h1-3,8,15H,4-6,14H2. The number of hydrogen-bond acceptors (Lipinski definition) is 2. The molecular formula is C11H13Cl2NO. The van der Waals surface area contributed by atoms with E-state index < -0.39 is 0 Å². The average molecular weight is 246 g/mol. The molecule has 1 aliphatic carbocycles. The van der Waals surface area contributed by atoms with Crippen molar-refractivity contribution in [1.29, 1.82) is 0 Å². The minimum absolute atomic E-state index is 0.152. The molecule has 0 radical (unpaired) electrons. The van der Waals surface area contributed by atoms with E-state index in [-0.39, 0.29) is 11.5 Å². The van der Waals surface area contributed by atoms with Gasteiger partial charge in [0.15, 0.2) is 0 Å². The summed E-state index contributed by atoms with van der Waals surface area (Å²) in [6, 6.07) is 5.44. The van der Waals surface area contributed by atoms with Gasteiger partial charge in [-0.25, -0.2) is 0 Å². The number of benzene rings is 1. The molecule has 82 valence electrons. The van der Waals surface area contributed by atoms with Crippen LogP contribution in [0.4, 0.5) is 0 Å². The van der Waals surface area contributed by atoms with Crippen LogP contribution in [0.3, 0.4) is 0 Å². The van der Waals surface area contributed by atoms with Crippen LogP contribution >= 0.6 is 23.2 Å². The molecule has 1 aromatic carbocycles. The molecule has 0 aliphatic heterocycles. The van der Waals surface area contributed by atoms with Gasteiger partial charge in [0.1, 0.15) is 0 Å². The molecule has 15 heavy (non-hydrogen) atoms. The summed E-state index contributed by atoms with van der Waals surface area (Å²) >= 11 is 12.0. The number of aliphatic hydroxyl groups excluding tert-OH is 1. The molecule has 2 rings (SSSR count). The topological polar surface area (TPSA) is 46.2 Å². The molecular weight excluding hydrogens is 233 g/mol. The predicted molar refractivity (Wildman–Crippen MR) is 62.4 cm³/mol. The highest BCUT2D eigenvalue weighted by Gasteiger charge is 2.44. The summed E-state index contributed by atoms with van der Waals surface area (Å²) in [7, 11) is 0. The van der Waals surface area contributed by atoms with Crippen molar-refractivity contribution < 1.29 is 5.11 Å². The maximum Gasteiger partial charge on any atom is 0.0558 e. The van der Waals surface area contributed by atoms with Gasteiger partial charge in [0, 0.05) is 22.0 Å². The van der Waals surface area contributed by atoms with E-state index in [1.165, 1.54) is 0 Å². The fourth-order valence-corrected chi connectivity index (χ4v) is 2.87. The monoisotopic (exact) mass is 245 g/mol. The number of rotatable bonds is 2. The molecule has 0 spiro atoms. The Labute approximate surface area is 99.0 Å². The molecule has 0 bridgehead atoms. The third-order valence-electron chi connectivity index (χ3n) is 3.15. The highest BCUT2D eigenvalue weighted by Crippen LogP contribution is 2.45. The second kappa shape index (κ2) is 3.95. The third kappa shape index (κ3) is 1.87. The molecule has 4 heteroatoms. The van der Waals surface area contributed by atoms with Gasteiger partial charge in [-0.3, -0.25) is 0 Å². The smallest absolute Gasteiger partial charge is 0.0558 e. The van der Waals surface area contributed by atoms with Crippen LogP contribution in [0.1, 0.15) is 18.4 Å². The van der Waals surface area contributed by atoms with Crippen LogP contribution in [0.25, 0.3) is 0 Å². The molecule has 0 saturated heterocycles. The minimum Gasteiger partial charge on any atom is -0.393 e. The van der Waals surface area contributed by atoms with Crippen molar-refractivity contribution in [2.75, 3.05) is 6.54 Å². The van der Waals surface area contributed by atoms with Crippen LogP contribution < -0.4 is 5.73 Å². The largest absolute Gasteiger partial charge is 0.393 e. The summed E-state index contributed by atoms with van der Waals surface area (Å²) in [5, 5.41) is 10.7. The molecule has 1 saturated carbocycles. The molecule has 2 nitrogen and oxygen atoms in total. The first-order chi connectivity index (χ1) is 7.07. The van der Waals surface area contributed by atoms with E-state index in [2.05, 4.69) is 0 Å². The van der Waals surface area contributed by atoms with Crippen LogP contribution in [0.15, 0.2) is 18.2 Å². The second-order valence-corrected chi connectivity index (χ2v) is 5.01. The third-order valence-corrected chi connectivity index (χ3v) is 3.69. The van der Waals surface area contributed by atoms with Gasteiger partial charge in [-0.1, -0.05) is 29.3 Å². The van der Waals surface area contributed by atoms with Gasteiger partial charge < -0.3 is 10.8 Å². The summed E-state index contributed by atoms with van der Waals surface area (Å²) in [5.41, 5.74) is 6.62. The second-order valence-electron chi connectivity index (χ2n) is 4.17. The Kier molecular flexibility index (Phi) is 2.95. The summed E-state index contributed by atoms with van der Waals surface area (Å²) in [6.07, 6.45) is 1.12. The van der Waals surface area contributed by atoms with Gasteiger partial charge in [-0.2, -0.15) is 0 Å². The Morgan fingerprint density at radius 2 is 2.07 bits per heavy atom. The molecule has 0 aromatic heterocycles. The summed E-state index contributed by atoms with van der Waals surface area (Å²) in [6.45, 7) is 0.505. The van der Waals surface area contributed by atoms with Gasteiger partial charge in [-0.05, 0) is 30.5 Å². The Morgan fingerprint density at radius 1 is 1.40 bits per heavy atom. The molecule has 0 amide bonds. The maximum atomic E-state index is 9.40. The van der Waals surface area contributed by atoms with Crippen LogP contribution in [-0.2, 0) is 5.41 Å². The van der Waals surface area contributed by atoms with Crippen molar-refractivity contribution >= 4 is 23.2 Å². The molecule has 0 unspecified atom stereocenters. The van der Waals surface area contributed by atoms with Crippen molar-refractivity contribution in [1.82, 2.24) is 0 Å². The maximum absolute atomic E-state index is 9.40. The lowest BCUT2D eigenvalue weighted by Crippen LogP contribution is -2.49. The zero-order valence-corrected chi connectivity index (χ0v) is 9.72. The SMILES string of the molecule is NCC1(c2ccc(Cl)cc2Cl)CC(O)C1. The van der Waals surface area contributed by atoms with Crippen molar-refractivity contribution in [2.45, 2.75) is 24.4 Å². The first kappa shape index (κ1) is 11.2. The van der Waals surface area contributed by atoms with Crippen LogP contribution in [0, 0.1) is 0 Å². The minimum atomic E-state index is -0.250. The van der Waals surface area contributed by atoms with Crippen molar-refractivity contribution in [3.63, 3.8) is 0 Å². The lowest BCUT2D eigenvalue weighted by molar-refractivity contribution is 0.0222. The van der Waals surface area contributed by atoms with E-state index in [9.17, 15) is 5.11 Å². The molecule has 1 fully saturated rings. The predicted octanol–water partition coefficient (Wildman–Crippen LogP) is 2.34. The molecule has 0 heterocycles. The van der Waals surface area contributed by atoms with Gasteiger partial charge >= 0.3 is 0 Å². The van der Waals surface area contributed by atoms with E-state index in [0.717, 1.165) is 5.56 Å². The molecule has 0 atom stereocenters. The zero-order valence-electron chi connectivity index (χ0n) is 8.21. The highest BCUT2D eigenvalue weighted by atomic mass is 35.5. The molecule has 1 aliphatic rings. The van der Waals surface area contributed by atoms with E-state index in [4.69, 9.17) is 28.9 Å². The average Bonchev–Trinajstić information content (AvgIpc) is 2.13. The lowest BCUT2D eigenvalue weighted by Gasteiger charge is -2.45. The fourth-order valence-electron chi connectivity index (χ4n) is 2.26. The fraction of sp³-hybridized carbons (Fsp3) is 0.455. The number of aliphatic hydroxyl groups is 1. The lowest BCUT2D eigenvalue weighted by atomic mass is 9.63. The first-order valence-corrected chi connectivity index (χ1v) is 5.67. The summed E-state index contributed by atoms with van der Waals surface area (Å²) in [5.74, 6) is 0. The van der Waals surface area contributed by atoms with Gasteiger partial charge in [0.05, 0.1) is 6.10 Å². The number of halogens is 2. The van der Waals surface area contributed by atoms with E-state index in [1.807, 2.05) is 12.1 Å². The highest BCUT2D eigenvalue weighted by molar-refractivity contribution is 6.35. The number of hydrogen-bond donors (Lipinski definition) is 2. The normalized spacial score (nSPS) is 30.0. The van der Waals surface area contributed by atoms with E-state index in [0.29, 0.717) is 29.4 Å². The Balaban J connectivity index is 2.36. The quantitative estimate of drug-likeness (QED) is 0.841. The Bertz CT molecular complexity index is 375. The van der Waals surface area contributed by atoms with Crippen LogP contribution in [-0.4, -0.2) is 17.8 Å². The van der Waals surface area contributed by atoms with Gasteiger partial charge in [0.25, 0.3) is 0 Å². The van der Waals surface area contributed by atoms with Crippen LogP contribution in [0.2, 0.25) is 10.0 Å². The van der Waals surface area contributed by atoms with E-state index in [1.54, 1.807) is 6.07 Å². The van der Waals surface area contributed by atoms with Crippen molar-refractivity contribution in [2.24, 2.45) is 5.73 Å². The van der Waals surface area contributed by atoms with Crippen molar-refractivity contribution in [3.05, 3.63) is 33.8 Å². The zero-order chi connectivity index (χ0) is 11.1. The molecule has 3 N–H and O–H groups in total. The number of nitrogens with two attached hydrogens (primary N) is 1. The summed E-state index contributed by atoms with van der Waals surface area (Å²) in [4.78, 5) is 0. The first-order valence-electron chi connectivity index (χ1n) is 4.91. The van der Waals surface area contributed by atoms with Gasteiger partial charge in [-0.15, -0.1) is 0 Å². The Morgan fingerprint density at radius 3 is 2.53 bits per heavy atom. The van der Waals surface area contributed by atoms with Crippen molar-refractivity contribution in [3.8, 4) is 0 Å². The summed E-state index contributed by atoms with van der Waals surface area (Å²) < 4.78 is 0. The van der Waals surface area contributed by atoms with Crippen LogP contribution in [0.5, 0.6) is 0 Å². The molecule has 1 aromatic rings. The Hall–Kier alpha value is -0.280. The van der Waals surface area contributed by atoms with E-state index >= 15 is 0 Å².